The molecule has 1 heterocycles. The molecule has 2 fully saturated rings. The van der Waals surface area contributed by atoms with Crippen LogP contribution in [0.15, 0.2) is 0 Å². The Morgan fingerprint density at radius 2 is 2.12 bits per heavy atom. The summed E-state index contributed by atoms with van der Waals surface area (Å²) in [6.07, 6.45) is 5.09. The van der Waals surface area contributed by atoms with Gasteiger partial charge in [0, 0.05) is 11.3 Å². The first-order valence-corrected chi connectivity index (χ1v) is 7.41. The summed E-state index contributed by atoms with van der Waals surface area (Å²) in [5.74, 6) is 0.0632. The quantitative estimate of drug-likeness (QED) is 0.816. The molecule has 0 spiro atoms. The van der Waals surface area contributed by atoms with Gasteiger partial charge in [0.05, 0.1) is 0 Å². The van der Waals surface area contributed by atoms with Gasteiger partial charge < -0.3 is 10.2 Å². The molecular formula is C12H20N2O2S. The third-order valence-electron chi connectivity index (χ3n) is 3.78. The lowest BCUT2D eigenvalue weighted by atomic mass is 10.1. The van der Waals surface area contributed by atoms with Gasteiger partial charge in [-0.05, 0) is 32.4 Å². The number of nitrogens with zero attached hydrogens (tertiary/aromatic N) is 1. The molecule has 2 aliphatic rings. The van der Waals surface area contributed by atoms with E-state index in [4.69, 9.17) is 0 Å². The van der Waals surface area contributed by atoms with Crippen molar-refractivity contribution in [1.29, 1.82) is 0 Å². The molecule has 0 aromatic heterocycles. The zero-order chi connectivity index (χ0) is 12.6. The largest absolute Gasteiger partial charge is 0.343 e. The highest BCUT2D eigenvalue weighted by molar-refractivity contribution is 8.00. The number of thioether (sulfide) groups is 1. The van der Waals surface area contributed by atoms with Crippen LogP contribution in [-0.2, 0) is 9.59 Å². The Labute approximate surface area is 106 Å². The van der Waals surface area contributed by atoms with E-state index in [1.807, 2.05) is 18.7 Å². The lowest BCUT2D eigenvalue weighted by molar-refractivity contribution is -0.149. The number of nitrogens with one attached hydrogen (secondary N) is 1. The van der Waals surface area contributed by atoms with E-state index >= 15 is 0 Å². The van der Waals surface area contributed by atoms with E-state index in [2.05, 4.69) is 11.6 Å². The summed E-state index contributed by atoms with van der Waals surface area (Å²) in [4.78, 5) is 25.8. The molecule has 1 N–H and O–H groups in total. The van der Waals surface area contributed by atoms with Crippen molar-refractivity contribution >= 4 is 23.6 Å². The number of carbonyl (C=O) groups excluding carboxylic acids is 2. The second-order valence-corrected chi connectivity index (χ2v) is 6.28. The van der Waals surface area contributed by atoms with Gasteiger partial charge in [-0.1, -0.05) is 6.92 Å². The molecule has 5 heteroatoms. The van der Waals surface area contributed by atoms with E-state index in [0.29, 0.717) is 6.42 Å². The molecule has 1 aliphatic heterocycles. The van der Waals surface area contributed by atoms with E-state index in [1.54, 1.807) is 11.8 Å². The Morgan fingerprint density at radius 1 is 1.47 bits per heavy atom. The Hall–Kier alpha value is -0.710. The molecule has 0 aromatic rings. The van der Waals surface area contributed by atoms with Gasteiger partial charge in [0.1, 0.15) is 12.1 Å². The average Bonchev–Trinajstić information content (AvgIpc) is 3.06. The van der Waals surface area contributed by atoms with Gasteiger partial charge in [0.15, 0.2) is 0 Å². The van der Waals surface area contributed by atoms with E-state index in [-0.39, 0.29) is 28.6 Å². The highest BCUT2D eigenvalue weighted by atomic mass is 32.2. The fourth-order valence-electron chi connectivity index (χ4n) is 2.39. The van der Waals surface area contributed by atoms with Crippen LogP contribution in [0.5, 0.6) is 0 Å². The molecule has 96 valence electrons. The van der Waals surface area contributed by atoms with E-state index < -0.39 is 0 Å². The van der Waals surface area contributed by atoms with Gasteiger partial charge in [-0.3, -0.25) is 9.59 Å². The highest BCUT2D eigenvalue weighted by Crippen LogP contribution is 2.48. The maximum absolute atomic E-state index is 12.2. The van der Waals surface area contributed by atoms with Gasteiger partial charge in [-0.25, -0.2) is 0 Å². The molecule has 1 saturated carbocycles. The third-order valence-corrected chi connectivity index (χ3v) is 5.18. The van der Waals surface area contributed by atoms with E-state index in [9.17, 15) is 9.59 Å². The molecule has 1 saturated heterocycles. The molecule has 2 atom stereocenters. The Kier molecular flexibility index (Phi) is 3.39. The minimum absolute atomic E-state index is 0.00324. The summed E-state index contributed by atoms with van der Waals surface area (Å²) >= 11 is 1.82. The van der Waals surface area contributed by atoms with Crippen LogP contribution in [-0.4, -0.2) is 46.3 Å². The van der Waals surface area contributed by atoms with Crippen molar-refractivity contribution in [3.63, 3.8) is 0 Å². The molecule has 0 aromatic carbocycles. The third kappa shape index (κ3) is 2.30. The first kappa shape index (κ1) is 12.7. The van der Waals surface area contributed by atoms with Crippen LogP contribution in [0.25, 0.3) is 0 Å². The summed E-state index contributed by atoms with van der Waals surface area (Å²) in [6, 6.07) is -0.647. The molecule has 4 nitrogen and oxygen atoms in total. The molecule has 0 bridgehead atoms. The van der Waals surface area contributed by atoms with Crippen LogP contribution in [0.2, 0.25) is 0 Å². The summed E-state index contributed by atoms with van der Waals surface area (Å²) in [7, 11) is 0. The van der Waals surface area contributed by atoms with Crippen LogP contribution in [0.1, 0.15) is 33.1 Å². The second-order valence-electron chi connectivity index (χ2n) is 5.01. The van der Waals surface area contributed by atoms with Crippen molar-refractivity contribution < 1.29 is 9.59 Å². The van der Waals surface area contributed by atoms with Crippen LogP contribution < -0.4 is 5.32 Å². The summed E-state index contributed by atoms with van der Waals surface area (Å²) < 4.78 is 0.223. The average molecular weight is 256 g/mol. The second kappa shape index (κ2) is 4.52. The first-order valence-electron chi connectivity index (χ1n) is 6.19. The monoisotopic (exact) mass is 256 g/mol. The molecular weight excluding hydrogens is 236 g/mol. The van der Waals surface area contributed by atoms with Gasteiger partial charge in [0.2, 0.25) is 11.8 Å². The Bertz CT molecular complexity index is 341. The van der Waals surface area contributed by atoms with Crippen LogP contribution in [0.4, 0.5) is 0 Å². The molecule has 1 aliphatic carbocycles. The predicted octanol–water partition coefficient (Wildman–Crippen LogP) is 1.01. The van der Waals surface area contributed by atoms with Crippen molar-refractivity contribution in [2.24, 2.45) is 0 Å². The molecule has 2 unspecified atom stereocenters. The number of piperazine rings is 1. The fraction of sp³-hybridized carbons (Fsp3) is 0.833. The topological polar surface area (TPSA) is 49.4 Å². The van der Waals surface area contributed by atoms with Crippen molar-refractivity contribution in [3.05, 3.63) is 0 Å². The van der Waals surface area contributed by atoms with Crippen molar-refractivity contribution in [2.75, 3.05) is 12.8 Å². The first-order chi connectivity index (χ1) is 8.03. The number of hydrogen-bond acceptors (Lipinski definition) is 3. The lowest BCUT2D eigenvalue weighted by Crippen LogP contribution is -2.63. The number of rotatable bonds is 4. The Balaban J connectivity index is 2.14. The molecule has 17 heavy (non-hydrogen) atoms. The maximum atomic E-state index is 12.2. The van der Waals surface area contributed by atoms with Crippen LogP contribution in [0, 0.1) is 0 Å². The van der Waals surface area contributed by atoms with Crippen molar-refractivity contribution in [3.8, 4) is 0 Å². The van der Waals surface area contributed by atoms with Crippen molar-refractivity contribution in [1.82, 2.24) is 10.2 Å². The molecule has 2 rings (SSSR count). The zero-order valence-corrected chi connectivity index (χ0v) is 11.5. The predicted molar refractivity (Wildman–Crippen MR) is 68.9 cm³/mol. The van der Waals surface area contributed by atoms with Crippen molar-refractivity contribution in [2.45, 2.75) is 49.9 Å². The zero-order valence-electron chi connectivity index (χ0n) is 10.7. The van der Waals surface area contributed by atoms with Crippen LogP contribution >= 0.6 is 11.8 Å². The Morgan fingerprint density at radius 3 is 2.59 bits per heavy atom. The van der Waals surface area contributed by atoms with Gasteiger partial charge in [-0.2, -0.15) is 11.8 Å². The van der Waals surface area contributed by atoms with Gasteiger partial charge >= 0.3 is 0 Å². The summed E-state index contributed by atoms with van der Waals surface area (Å²) in [5, 5.41) is 2.75. The minimum atomic E-state index is -0.372. The number of hydrogen-bond donors (Lipinski definition) is 1. The SMILES string of the molecule is CCC1C(=O)NC(C)C(=O)N1CC1(SC)CC1. The summed E-state index contributed by atoms with van der Waals surface area (Å²) in [6.45, 7) is 4.44. The molecule has 0 radical (unpaired) electrons. The van der Waals surface area contributed by atoms with Gasteiger partial charge in [0.25, 0.3) is 0 Å². The van der Waals surface area contributed by atoms with Crippen LogP contribution in [0.3, 0.4) is 0 Å². The molecule has 2 amide bonds. The van der Waals surface area contributed by atoms with E-state index in [0.717, 1.165) is 19.4 Å². The number of amides is 2. The number of carbonyl (C=O) groups is 2. The standard InChI is InChI=1S/C12H20N2O2S/c1-4-9-10(15)13-8(2)11(16)14(9)7-12(17-3)5-6-12/h8-9H,4-7H2,1-3H3,(H,13,15). The summed E-state index contributed by atoms with van der Waals surface area (Å²) in [5.41, 5.74) is 0. The van der Waals surface area contributed by atoms with Gasteiger partial charge in [-0.15, -0.1) is 0 Å². The minimum Gasteiger partial charge on any atom is -0.343 e. The normalized spacial score (nSPS) is 31.4. The smallest absolute Gasteiger partial charge is 0.245 e. The lowest BCUT2D eigenvalue weighted by Gasteiger charge is -2.39. The maximum Gasteiger partial charge on any atom is 0.245 e. The van der Waals surface area contributed by atoms with E-state index in [1.165, 1.54) is 0 Å². The highest BCUT2D eigenvalue weighted by Gasteiger charge is 2.48. The fourth-order valence-corrected chi connectivity index (χ4v) is 3.16.